The molecule has 1 heterocycles. The molecule has 0 saturated carbocycles. The van der Waals surface area contributed by atoms with Gasteiger partial charge in [0.05, 0.1) is 5.92 Å². The Bertz CT molecular complexity index is 154. The molecule has 1 fully saturated rings. The molecule has 3 N–H and O–H groups in total. The number of carbonyl (C=O) groups is 1. The van der Waals surface area contributed by atoms with Crippen molar-refractivity contribution in [1.82, 2.24) is 5.32 Å². The van der Waals surface area contributed by atoms with E-state index < -0.39 is 0 Å². The highest BCUT2D eigenvalue weighted by Gasteiger charge is 2.21. The Hall–Kier alpha value is -0.990. The molecule has 64 valence electrons. The van der Waals surface area contributed by atoms with Crippen LogP contribution in [0.4, 0.5) is 0 Å². The van der Waals surface area contributed by atoms with E-state index in [1.165, 1.54) is 0 Å². The van der Waals surface area contributed by atoms with Gasteiger partial charge in [-0.3, -0.25) is 4.79 Å². The fraction of sp³-hybridized carbons (Fsp3) is 0.625. The van der Waals surface area contributed by atoms with Crippen LogP contribution in [0.5, 0.6) is 0 Å². The fourth-order valence-electron chi connectivity index (χ4n) is 0.910. The van der Waals surface area contributed by atoms with Gasteiger partial charge in [-0.15, -0.1) is 0 Å². The number of hydrogen-bond donors (Lipinski definition) is 2. The normalized spacial score (nSPS) is 21.6. The van der Waals surface area contributed by atoms with Crippen LogP contribution in [-0.2, 0) is 4.79 Å². The minimum absolute atomic E-state index is 0.0301. The van der Waals surface area contributed by atoms with Crippen molar-refractivity contribution < 1.29 is 4.79 Å². The SMILES string of the molecule is C=C1CC(C(N)=O)CN1.CC. The largest absolute Gasteiger partial charge is 0.388 e. The zero-order chi connectivity index (χ0) is 8.85. The lowest BCUT2D eigenvalue weighted by molar-refractivity contribution is -0.121. The maximum atomic E-state index is 10.5. The first-order valence-electron chi connectivity index (χ1n) is 3.91. The molecule has 0 aromatic carbocycles. The third-order valence-electron chi connectivity index (χ3n) is 1.49. The second kappa shape index (κ2) is 4.77. The van der Waals surface area contributed by atoms with Gasteiger partial charge in [0.1, 0.15) is 0 Å². The molecule has 0 aliphatic carbocycles. The third kappa shape index (κ3) is 3.07. The molecule has 0 aromatic heterocycles. The van der Waals surface area contributed by atoms with Crippen LogP contribution in [0.15, 0.2) is 12.3 Å². The van der Waals surface area contributed by atoms with Gasteiger partial charge in [0.25, 0.3) is 0 Å². The molecule has 0 aromatic rings. The molecular formula is C8H16N2O. The number of nitrogens with one attached hydrogen (secondary N) is 1. The Morgan fingerprint density at radius 1 is 1.73 bits per heavy atom. The molecule has 1 aliphatic heterocycles. The number of nitrogens with two attached hydrogens (primary N) is 1. The lowest BCUT2D eigenvalue weighted by atomic mass is 10.1. The van der Waals surface area contributed by atoms with Crippen molar-refractivity contribution in [2.24, 2.45) is 11.7 Å². The summed E-state index contributed by atoms with van der Waals surface area (Å²) in [6, 6.07) is 0. The summed E-state index contributed by atoms with van der Waals surface area (Å²) in [5.74, 6) is -0.265. The highest BCUT2D eigenvalue weighted by Crippen LogP contribution is 2.13. The number of carbonyl (C=O) groups excluding carboxylic acids is 1. The van der Waals surface area contributed by atoms with E-state index in [1.807, 2.05) is 13.8 Å². The molecule has 0 spiro atoms. The Balaban J connectivity index is 0.000000461. The third-order valence-corrected chi connectivity index (χ3v) is 1.49. The molecule has 1 saturated heterocycles. The Morgan fingerprint density at radius 3 is 2.45 bits per heavy atom. The van der Waals surface area contributed by atoms with E-state index in [2.05, 4.69) is 11.9 Å². The summed E-state index contributed by atoms with van der Waals surface area (Å²) in [7, 11) is 0. The van der Waals surface area contributed by atoms with Crippen molar-refractivity contribution >= 4 is 5.91 Å². The quantitative estimate of drug-likeness (QED) is 0.584. The smallest absolute Gasteiger partial charge is 0.222 e. The minimum atomic E-state index is -0.235. The van der Waals surface area contributed by atoms with E-state index in [9.17, 15) is 4.79 Å². The van der Waals surface area contributed by atoms with Crippen LogP contribution in [0.2, 0.25) is 0 Å². The van der Waals surface area contributed by atoms with Crippen LogP contribution in [-0.4, -0.2) is 12.5 Å². The first kappa shape index (κ1) is 10.0. The van der Waals surface area contributed by atoms with E-state index >= 15 is 0 Å². The Morgan fingerprint density at radius 2 is 2.27 bits per heavy atom. The van der Waals surface area contributed by atoms with Crippen molar-refractivity contribution in [1.29, 1.82) is 0 Å². The minimum Gasteiger partial charge on any atom is -0.388 e. The number of amides is 1. The van der Waals surface area contributed by atoms with Crippen LogP contribution in [0.1, 0.15) is 20.3 Å². The number of hydrogen-bond acceptors (Lipinski definition) is 2. The molecule has 1 unspecified atom stereocenters. The maximum Gasteiger partial charge on any atom is 0.222 e. The average Bonchev–Trinajstić information content (AvgIpc) is 2.40. The van der Waals surface area contributed by atoms with E-state index in [0.717, 1.165) is 5.70 Å². The molecule has 1 aliphatic rings. The van der Waals surface area contributed by atoms with Gasteiger partial charge in [-0.2, -0.15) is 0 Å². The highest BCUT2D eigenvalue weighted by molar-refractivity contribution is 5.77. The van der Waals surface area contributed by atoms with Gasteiger partial charge in [-0.25, -0.2) is 0 Å². The summed E-state index contributed by atoms with van der Waals surface area (Å²) in [5.41, 5.74) is 5.96. The fourth-order valence-corrected chi connectivity index (χ4v) is 0.910. The second-order valence-electron chi connectivity index (χ2n) is 2.29. The summed E-state index contributed by atoms with van der Waals surface area (Å²) in [4.78, 5) is 10.5. The molecule has 3 heteroatoms. The first-order valence-corrected chi connectivity index (χ1v) is 3.91. The molecule has 0 radical (unpaired) electrons. The Labute approximate surface area is 67.7 Å². The van der Waals surface area contributed by atoms with Crippen LogP contribution < -0.4 is 11.1 Å². The van der Waals surface area contributed by atoms with Crippen LogP contribution in [0.25, 0.3) is 0 Å². The molecule has 1 atom stereocenters. The number of primary amides is 1. The summed E-state index contributed by atoms with van der Waals surface area (Å²) in [6.45, 7) is 8.33. The molecule has 0 bridgehead atoms. The number of rotatable bonds is 1. The average molecular weight is 156 g/mol. The lowest BCUT2D eigenvalue weighted by Crippen LogP contribution is -2.24. The van der Waals surface area contributed by atoms with E-state index in [-0.39, 0.29) is 11.8 Å². The van der Waals surface area contributed by atoms with Crippen molar-refractivity contribution in [3.05, 3.63) is 12.3 Å². The van der Waals surface area contributed by atoms with Gasteiger partial charge < -0.3 is 11.1 Å². The van der Waals surface area contributed by atoms with Crippen LogP contribution >= 0.6 is 0 Å². The standard InChI is InChI=1S/C6H10N2O.C2H6/c1-4-2-5(3-8-4)6(7)9;1-2/h5,8H,1-3H2,(H2,7,9);1-2H3. The second-order valence-corrected chi connectivity index (χ2v) is 2.29. The maximum absolute atomic E-state index is 10.5. The van der Waals surface area contributed by atoms with Crippen molar-refractivity contribution in [3.8, 4) is 0 Å². The molecule has 1 rings (SSSR count). The summed E-state index contributed by atoms with van der Waals surface area (Å²) >= 11 is 0. The summed E-state index contributed by atoms with van der Waals surface area (Å²) in [5, 5.41) is 2.96. The number of allylic oxidation sites excluding steroid dienone is 1. The summed E-state index contributed by atoms with van der Waals surface area (Å²) in [6.07, 6.45) is 0.704. The van der Waals surface area contributed by atoms with Gasteiger partial charge in [0, 0.05) is 12.2 Å². The Kier molecular flexibility index (Phi) is 4.34. The summed E-state index contributed by atoms with van der Waals surface area (Å²) < 4.78 is 0. The van der Waals surface area contributed by atoms with Gasteiger partial charge in [0.2, 0.25) is 5.91 Å². The van der Waals surface area contributed by atoms with Gasteiger partial charge in [0.15, 0.2) is 0 Å². The topological polar surface area (TPSA) is 55.1 Å². The van der Waals surface area contributed by atoms with E-state index in [0.29, 0.717) is 13.0 Å². The van der Waals surface area contributed by atoms with Crippen molar-refractivity contribution in [2.45, 2.75) is 20.3 Å². The van der Waals surface area contributed by atoms with E-state index in [4.69, 9.17) is 5.73 Å². The van der Waals surface area contributed by atoms with E-state index in [1.54, 1.807) is 0 Å². The van der Waals surface area contributed by atoms with Gasteiger partial charge in [-0.1, -0.05) is 20.4 Å². The zero-order valence-electron chi connectivity index (χ0n) is 7.18. The van der Waals surface area contributed by atoms with Crippen molar-refractivity contribution in [2.75, 3.05) is 6.54 Å². The van der Waals surface area contributed by atoms with Crippen LogP contribution in [0.3, 0.4) is 0 Å². The molecule has 3 nitrogen and oxygen atoms in total. The van der Waals surface area contributed by atoms with Crippen LogP contribution in [0, 0.1) is 5.92 Å². The predicted molar refractivity (Wildman–Crippen MR) is 45.8 cm³/mol. The predicted octanol–water partition coefficient (Wildman–Crippen LogP) is 0.621. The first-order chi connectivity index (χ1) is 5.20. The van der Waals surface area contributed by atoms with Gasteiger partial charge >= 0.3 is 0 Å². The molecule has 11 heavy (non-hydrogen) atoms. The lowest BCUT2D eigenvalue weighted by Gasteiger charge is -1.97. The zero-order valence-corrected chi connectivity index (χ0v) is 7.18. The van der Waals surface area contributed by atoms with Gasteiger partial charge in [-0.05, 0) is 6.42 Å². The highest BCUT2D eigenvalue weighted by atomic mass is 16.1. The molecular weight excluding hydrogens is 140 g/mol. The molecule has 1 amide bonds. The van der Waals surface area contributed by atoms with Crippen molar-refractivity contribution in [3.63, 3.8) is 0 Å². The monoisotopic (exact) mass is 156 g/mol.